The van der Waals surface area contributed by atoms with Gasteiger partial charge < -0.3 is 10.2 Å². The van der Waals surface area contributed by atoms with Crippen LogP contribution in [0, 0.1) is 5.41 Å². The van der Waals surface area contributed by atoms with Crippen LogP contribution in [-0.2, 0) is 0 Å². The Morgan fingerprint density at radius 3 is 2.84 bits per heavy atom. The molecule has 1 aromatic rings. The molecular formula is C15H26N2S2. The van der Waals surface area contributed by atoms with Gasteiger partial charge in [-0.15, -0.1) is 11.3 Å². The van der Waals surface area contributed by atoms with Crippen molar-refractivity contribution in [1.29, 1.82) is 0 Å². The summed E-state index contributed by atoms with van der Waals surface area (Å²) in [4.78, 5) is 3.78. The molecule has 0 aliphatic carbocycles. The van der Waals surface area contributed by atoms with E-state index in [1.165, 1.54) is 22.8 Å². The third kappa shape index (κ3) is 4.48. The van der Waals surface area contributed by atoms with Gasteiger partial charge in [-0.25, -0.2) is 0 Å². The molecule has 0 aromatic carbocycles. The largest absolute Gasteiger partial charge is 0.311 e. The second-order valence-electron chi connectivity index (χ2n) is 6.48. The van der Waals surface area contributed by atoms with Crippen LogP contribution >= 0.6 is 23.1 Å². The lowest BCUT2D eigenvalue weighted by atomic mass is 9.88. The average Bonchev–Trinajstić information content (AvgIpc) is 2.81. The first-order valence-electron chi connectivity index (χ1n) is 6.99. The smallest absolute Gasteiger partial charge is 0.0561 e. The van der Waals surface area contributed by atoms with Crippen molar-refractivity contribution in [3.05, 3.63) is 22.4 Å². The van der Waals surface area contributed by atoms with Gasteiger partial charge in [-0.3, -0.25) is 0 Å². The number of likely N-dealkylation sites (N-methyl/N-ethyl adjacent to an activating group) is 1. The highest BCUT2D eigenvalue weighted by atomic mass is 32.2. The quantitative estimate of drug-likeness (QED) is 0.896. The zero-order valence-corrected chi connectivity index (χ0v) is 14.1. The monoisotopic (exact) mass is 298 g/mol. The Hall–Kier alpha value is -0.0300. The number of nitrogens with zero attached hydrogens (tertiary/aromatic N) is 1. The molecule has 0 saturated carbocycles. The second kappa shape index (κ2) is 6.61. The van der Waals surface area contributed by atoms with Gasteiger partial charge in [-0.2, -0.15) is 11.8 Å². The highest BCUT2D eigenvalue weighted by molar-refractivity contribution is 7.99. The predicted molar refractivity (Wildman–Crippen MR) is 88.3 cm³/mol. The van der Waals surface area contributed by atoms with E-state index in [9.17, 15) is 0 Å². The lowest BCUT2D eigenvalue weighted by Crippen LogP contribution is -2.43. The molecule has 1 aliphatic heterocycles. The molecule has 2 nitrogen and oxygen atoms in total. The lowest BCUT2D eigenvalue weighted by Gasteiger charge is -2.36. The van der Waals surface area contributed by atoms with Gasteiger partial charge >= 0.3 is 0 Å². The Morgan fingerprint density at radius 1 is 1.47 bits per heavy atom. The second-order valence-corrected chi connectivity index (χ2v) is 8.49. The fourth-order valence-electron chi connectivity index (χ4n) is 2.69. The molecule has 2 unspecified atom stereocenters. The van der Waals surface area contributed by atoms with Crippen molar-refractivity contribution in [2.45, 2.75) is 32.4 Å². The Kier molecular flexibility index (Phi) is 5.35. The van der Waals surface area contributed by atoms with E-state index in [-0.39, 0.29) is 0 Å². The summed E-state index contributed by atoms with van der Waals surface area (Å²) in [5.74, 6) is 2.56. The van der Waals surface area contributed by atoms with E-state index in [1.807, 2.05) is 11.3 Å². The van der Waals surface area contributed by atoms with Crippen LogP contribution in [0.5, 0.6) is 0 Å². The summed E-state index contributed by atoms with van der Waals surface area (Å²) < 4.78 is 0. The Labute approximate surface area is 126 Å². The summed E-state index contributed by atoms with van der Waals surface area (Å²) in [7, 11) is 4.34. The fourth-order valence-corrected chi connectivity index (χ4v) is 4.92. The summed E-state index contributed by atoms with van der Waals surface area (Å²) in [5.41, 5.74) is 0.483. The minimum absolute atomic E-state index is 0.483. The zero-order chi connectivity index (χ0) is 13.9. The molecule has 0 bridgehead atoms. The number of nitrogens with one attached hydrogen (secondary N) is 1. The molecule has 0 radical (unpaired) electrons. The van der Waals surface area contributed by atoms with Crippen LogP contribution in [-0.4, -0.2) is 43.1 Å². The van der Waals surface area contributed by atoms with E-state index in [0.29, 0.717) is 17.5 Å². The van der Waals surface area contributed by atoms with E-state index in [2.05, 4.69) is 67.4 Å². The van der Waals surface area contributed by atoms with E-state index < -0.39 is 0 Å². The number of hydrogen-bond donors (Lipinski definition) is 1. The lowest BCUT2D eigenvalue weighted by molar-refractivity contribution is 0.262. The number of rotatable bonds is 5. The highest BCUT2D eigenvalue weighted by Crippen LogP contribution is 2.33. The first-order valence-corrected chi connectivity index (χ1v) is 9.02. The molecule has 1 aromatic heterocycles. The molecule has 0 amide bonds. The van der Waals surface area contributed by atoms with Gasteiger partial charge in [-0.1, -0.05) is 19.9 Å². The standard InChI is InChI=1S/C15H26N2S2/c1-15(2)8-12(10-18-11-15)16-9-13(17(3)4)14-6-5-7-19-14/h5-7,12-13,16H,8-11H2,1-4H3. The van der Waals surface area contributed by atoms with Crippen molar-refractivity contribution >= 4 is 23.1 Å². The van der Waals surface area contributed by atoms with Gasteiger partial charge in [0.25, 0.3) is 0 Å². The highest BCUT2D eigenvalue weighted by Gasteiger charge is 2.28. The SMILES string of the molecule is CN(C)C(CNC1CSCC(C)(C)C1)c1cccs1. The van der Waals surface area contributed by atoms with Gasteiger partial charge in [0.2, 0.25) is 0 Å². The van der Waals surface area contributed by atoms with Crippen LogP contribution in [0.2, 0.25) is 0 Å². The summed E-state index contributed by atoms with van der Waals surface area (Å²) >= 11 is 3.95. The third-order valence-electron chi connectivity index (χ3n) is 3.71. The maximum Gasteiger partial charge on any atom is 0.0561 e. The van der Waals surface area contributed by atoms with Gasteiger partial charge in [0, 0.05) is 23.2 Å². The van der Waals surface area contributed by atoms with Gasteiger partial charge in [-0.05, 0) is 43.1 Å². The Bertz CT molecular complexity index is 374. The normalized spacial score (nSPS) is 24.6. The zero-order valence-electron chi connectivity index (χ0n) is 12.5. The van der Waals surface area contributed by atoms with Crippen LogP contribution in [0.1, 0.15) is 31.2 Å². The average molecular weight is 299 g/mol. The van der Waals surface area contributed by atoms with Crippen molar-refractivity contribution in [3.8, 4) is 0 Å². The molecule has 1 N–H and O–H groups in total. The van der Waals surface area contributed by atoms with E-state index in [4.69, 9.17) is 0 Å². The predicted octanol–water partition coefficient (Wildman–Crippen LogP) is 3.47. The fraction of sp³-hybridized carbons (Fsp3) is 0.733. The number of thiophene rings is 1. The molecule has 2 heterocycles. The van der Waals surface area contributed by atoms with Crippen molar-refractivity contribution in [1.82, 2.24) is 10.2 Å². The maximum atomic E-state index is 3.79. The molecule has 1 fully saturated rings. The summed E-state index contributed by atoms with van der Waals surface area (Å²) in [5, 5.41) is 5.96. The molecule has 4 heteroatoms. The minimum Gasteiger partial charge on any atom is -0.311 e. The molecule has 1 aliphatic rings. The third-order valence-corrected chi connectivity index (χ3v) is 6.30. The van der Waals surface area contributed by atoms with Crippen LogP contribution in [0.15, 0.2) is 17.5 Å². The molecule has 1 saturated heterocycles. The van der Waals surface area contributed by atoms with Gasteiger partial charge in [0.05, 0.1) is 6.04 Å². The molecule has 19 heavy (non-hydrogen) atoms. The maximum absolute atomic E-state index is 3.79. The molecular weight excluding hydrogens is 272 g/mol. The van der Waals surface area contributed by atoms with Gasteiger partial charge in [0.15, 0.2) is 0 Å². The summed E-state index contributed by atoms with van der Waals surface area (Å²) in [6, 6.07) is 5.55. The Morgan fingerprint density at radius 2 is 2.26 bits per heavy atom. The van der Waals surface area contributed by atoms with Crippen molar-refractivity contribution in [2.24, 2.45) is 5.41 Å². The number of hydrogen-bond acceptors (Lipinski definition) is 4. The molecule has 108 valence electrons. The summed E-state index contributed by atoms with van der Waals surface area (Å²) in [6.45, 7) is 5.82. The molecule has 2 rings (SSSR count). The van der Waals surface area contributed by atoms with Crippen LogP contribution in [0.4, 0.5) is 0 Å². The number of thioether (sulfide) groups is 1. The topological polar surface area (TPSA) is 15.3 Å². The summed E-state index contributed by atoms with van der Waals surface area (Å²) in [6.07, 6.45) is 1.30. The van der Waals surface area contributed by atoms with Crippen LogP contribution < -0.4 is 5.32 Å². The molecule has 2 atom stereocenters. The van der Waals surface area contributed by atoms with Crippen molar-refractivity contribution < 1.29 is 0 Å². The Balaban J connectivity index is 1.89. The first-order chi connectivity index (χ1) is 8.98. The van der Waals surface area contributed by atoms with Gasteiger partial charge in [0.1, 0.15) is 0 Å². The molecule has 0 spiro atoms. The van der Waals surface area contributed by atoms with Crippen molar-refractivity contribution in [3.63, 3.8) is 0 Å². The van der Waals surface area contributed by atoms with E-state index in [0.717, 1.165) is 6.54 Å². The van der Waals surface area contributed by atoms with E-state index >= 15 is 0 Å². The van der Waals surface area contributed by atoms with Crippen LogP contribution in [0.3, 0.4) is 0 Å². The minimum atomic E-state index is 0.483. The van der Waals surface area contributed by atoms with Crippen LogP contribution in [0.25, 0.3) is 0 Å². The van der Waals surface area contributed by atoms with Crippen molar-refractivity contribution in [2.75, 3.05) is 32.1 Å². The van der Waals surface area contributed by atoms with E-state index in [1.54, 1.807) is 0 Å². The first kappa shape index (κ1) is 15.4.